The molecule has 1 heterocycles. The molecule has 1 aromatic carbocycles. The van der Waals surface area contributed by atoms with Gasteiger partial charge in [0.05, 0.1) is 6.54 Å². The minimum atomic E-state index is -0.175. The molecule has 1 N–H and O–H groups in total. The standard InChI is InChI=1S/C22H33N3O2/c1-17-12-18(2)14-20(13-17)22(27)23-15-21(26)25-10-8-24(9-11-25)16-19-6-4-3-5-7-19/h12-14,19H,3-11,15-16H2,1-2H3,(H,23,27). The Morgan fingerprint density at radius 2 is 1.59 bits per heavy atom. The fourth-order valence-electron chi connectivity index (χ4n) is 4.39. The number of carbonyl (C=O) groups excluding carboxylic acids is 2. The summed E-state index contributed by atoms with van der Waals surface area (Å²) in [5.41, 5.74) is 2.73. The van der Waals surface area contributed by atoms with Crippen LogP contribution in [0.5, 0.6) is 0 Å². The van der Waals surface area contributed by atoms with Gasteiger partial charge >= 0.3 is 0 Å². The molecule has 1 aliphatic heterocycles. The molecule has 5 nitrogen and oxygen atoms in total. The van der Waals surface area contributed by atoms with Crippen LogP contribution < -0.4 is 5.32 Å². The van der Waals surface area contributed by atoms with Crippen molar-refractivity contribution in [3.8, 4) is 0 Å². The number of nitrogens with one attached hydrogen (secondary N) is 1. The third kappa shape index (κ3) is 5.80. The molecule has 2 fully saturated rings. The molecule has 0 bridgehead atoms. The molecule has 27 heavy (non-hydrogen) atoms. The molecular formula is C22H33N3O2. The molecule has 1 saturated heterocycles. The van der Waals surface area contributed by atoms with Gasteiger partial charge in [0.15, 0.2) is 0 Å². The second-order valence-electron chi connectivity index (χ2n) is 8.24. The lowest BCUT2D eigenvalue weighted by Crippen LogP contribution is -2.52. The van der Waals surface area contributed by atoms with Crippen molar-refractivity contribution in [1.29, 1.82) is 0 Å². The summed E-state index contributed by atoms with van der Waals surface area (Å²) in [7, 11) is 0. The number of aryl methyl sites for hydroxylation is 2. The van der Waals surface area contributed by atoms with E-state index in [4.69, 9.17) is 0 Å². The predicted octanol–water partition coefficient (Wildman–Crippen LogP) is 2.76. The van der Waals surface area contributed by atoms with E-state index in [0.29, 0.717) is 5.56 Å². The summed E-state index contributed by atoms with van der Waals surface area (Å²) in [5.74, 6) is 0.689. The Hall–Kier alpha value is -1.88. The van der Waals surface area contributed by atoms with E-state index in [0.717, 1.165) is 43.2 Å². The van der Waals surface area contributed by atoms with Crippen LogP contribution in [0.15, 0.2) is 18.2 Å². The van der Waals surface area contributed by atoms with Gasteiger partial charge < -0.3 is 10.2 Å². The summed E-state index contributed by atoms with van der Waals surface area (Å²) in [4.78, 5) is 29.2. The van der Waals surface area contributed by atoms with E-state index >= 15 is 0 Å². The van der Waals surface area contributed by atoms with E-state index in [-0.39, 0.29) is 18.4 Å². The van der Waals surface area contributed by atoms with Crippen molar-refractivity contribution < 1.29 is 9.59 Å². The molecule has 148 valence electrons. The first kappa shape index (κ1) is 19.9. The van der Waals surface area contributed by atoms with Crippen LogP contribution in [0, 0.1) is 19.8 Å². The molecule has 5 heteroatoms. The lowest BCUT2D eigenvalue weighted by molar-refractivity contribution is -0.131. The topological polar surface area (TPSA) is 52.7 Å². The fraction of sp³-hybridized carbons (Fsp3) is 0.636. The van der Waals surface area contributed by atoms with Crippen molar-refractivity contribution in [1.82, 2.24) is 15.1 Å². The van der Waals surface area contributed by atoms with Gasteiger partial charge in [-0.3, -0.25) is 14.5 Å². The van der Waals surface area contributed by atoms with Crippen LogP contribution >= 0.6 is 0 Å². The van der Waals surface area contributed by atoms with Crippen molar-refractivity contribution in [3.05, 3.63) is 34.9 Å². The van der Waals surface area contributed by atoms with Crippen LogP contribution in [-0.4, -0.2) is 60.9 Å². The highest BCUT2D eigenvalue weighted by atomic mass is 16.2. The third-order valence-electron chi connectivity index (χ3n) is 5.85. The average molecular weight is 372 g/mol. The van der Waals surface area contributed by atoms with Crippen molar-refractivity contribution in [2.75, 3.05) is 39.3 Å². The smallest absolute Gasteiger partial charge is 0.251 e. The Balaban J connectivity index is 1.40. The number of carbonyl (C=O) groups is 2. The summed E-state index contributed by atoms with van der Waals surface area (Å²) in [6.07, 6.45) is 6.88. The first-order valence-corrected chi connectivity index (χ1v) is 10.4. The molecule has 0 aromatic heterocycles. The highest BCUT2D eigenvalue weighted by Gasteiger charge is 2.24. The number of piperazine rings is 1. The largest absolute Gasteiger partial charge is 0.343 e. The zero-order chi connectivity index (χ0) is 19.2. The van der Waals surface area contributed by atoms with Crippen LogP contribution in [0.3, 0.4) is 0 Å². The van der Waals surface area contributed by atoms with E-state index < -0.39 is 0 Å². The monoisotopic (exact) mass is 371 g/mol. The summed E-state index contributed by atoms with van der Waals surface area (Å²) in [5, 5.41) is 2.78. The van der Waals surface area contributed by atoms with Gasteiger partial charge in [-0.1, -0.05) is 36.5 Å². The number of nitrogens with zero attached hydrogens (tertiary/aromatic N) is 2. The number of benzene rings is 1. The van der Waals surface area contributed by atoms with Crippen LogP contribution in [0.4, 0.5) is 0 Å². The molecule has 0 radical (unpaired) electrons. The Kier molecular flexibility index (Phi) is 6.89. The number of hydrogen-bond donors (Lipinski definition) is 1. The second kappa shape index (κ2) is 9.36. The lowest BCUT2D eigenvalue weighted by atomic mass is 9.89. The highest BCUT2D eigenvalue weighted by Crippen LogP contribution is 2.24. The van der Waals surface area contributed by atoms with Gasteiger partial charge in [-0.15, -0.1) is 0 Å². The molecule has 0 spiro atoms. The number of hydrogen-bond acceptors (Lipinski definition) is 3. The van der Waals surface area contributed by atoms with Gasteiger partial charge in [0.2, 0.25) is 5.91 Å². The zero-order valence-corrected chi connectivity index (χ0v) is 16.8. The van der Waals surface area contributed by atoms with E-state index in [1.54, 1.807) is 0 Å². The lowest BCUT2D eigenvalue weighted by Gasteiger charge is -2.37. The van der Waals surface area contributed by atoms with Gasteiger partial charge in [0.1, 0.15) is 0 Å². The summed E-state index contributed by atoms with van der Waals surface area (Å²) >= 11 is 0. The van der Waals surface area contributed by atoms with Crippen LogP contribution in [-0.2, 0) is 4.79 Å². The summed E-state index contributed by atoms with van der Waals surface area (Å²) in [6, 6.07) is 5.75. The Morgan fingerprint density at radius 1 is 0.963 bits per heavy atom. The van der Waals surface area contributed by atoms with Crippen molar-refractivity contribution >= 4 is 11.8 Å². The van der Waals surface area contributed by atoms with Crippen LogP contribution in [0.1, 0.15) is 53.6 Å². The van der Waals surface area contributed by atoms with E-state index in [9.17, 15) is 9.59 Å². The quantitative estimate of drug-likeness (QED) is 0.866. The maximum absolute atomic E-state index is 12.5. The molecule has 1 saturated carbocycles. The van der Waals surface area contributed by atoms with E-state index in [1.807, 2.05) is 36.9 Å². The van der Waals surface area contributed by atoms with Gasteiger partial charge in [-0.2, -0.15) is 0 Å². The highest BCUT2D eigenvalue weighted by molar-refractivity contribution is 5.96. The van der Waals surface area contributed by atoms with E-state index in [1.165, 1.54) is 38.6 Å². The SMILES string of the molecule is Cc1cc(C)cc(C(=O)NCC(=O)N2CCN(CC3CCCCC3)CC2)c1. The van der Waals surface area contributed by atoms with Gasteiger partial charge in [0.25, 0.3) is 5.91 Å². The molecular weight excluding hydrogens is 338 g/mol. The molecule has 2 amide bonds. The second-order valence-corrected chi connectivity index (χ2v) is 8.24. The van der Waals surface area contributed by atoms with Crippen LogP contribution in [0.2, 0.25) is 0 Å². The first-order valence-electron chi connectivity index (χ1n) is 10.4. The van der Waals surface area contributed by atoms with Crippen molar-refractivity contribution in [3.63, 3.8) is 0 Å². The zero-order valence-electron chi connectivity index (χ0n) is 16.8. The predicted molar refractivity (Wildman–Crippen MR) is 108 cm³/mol. The van der Waals surface area contributed by atoms with Crippen molar-refractivity contribution in [2.45, 2.75) is 46.0 Å². The molecule has 0 atom stereocenters. The molecule has 1 aliphatic carbocycles. The Bertz CT molecular complexity index is 639. The normalized spacial score (nSPS) is 19.1. The molecule has 1 aromatic rings. The van der Waals surface area contributed by atoms with E-state index in [2.05, 4.69) is 10.2 Å². The summed E-state index contributed by atoms with van der Waals surface area (Å²) < 4.78 is 0. The summed E-state index contributed by atoms with van der Waals surface area (Å²) in [6.45, 7) is 8.65. The van der Waals surface area contributed by atoms with Crippen molar-refractivity contribution in [2.24, 2.45) is 5.92 Å². The minimum absolute atomic E-state index is 0.0186. The first-order chi connectivity index (χ1) is 13.0. The number of amides is 2. The molecule has 0 unspecified atom stereocenters. The third-order valence-corrected chi connectivity index (χ3v) is 5.85. The minimum Gasteiger partial charge on any atom is -0.343 e. The maximum atomic E-state index is 12.5. The Labute approximate surface area is 163 Å². The maximum Gasteiger partial charge on any atom is 0.251 e. The fourth-order valence-corrected chi connectivity index (χ4v) is 4.39. The number of rotatable bonds is 5. The molecule has 3 rings (SSSR count). The van der Waals surface area contributed by atoms with Gasteiger partial charge in [-0.25, -0.2) is 0 Å². The van der Waals surface area contributed by atoms with Gasteiger partial charge in [0, 0.05) is 38.3 Å². The van der Waals surface area contributed by atoms with Crippen LogP contribution in [0.25, 0.3) is 0 Å². The van der Waals surface area contributed by atoms with Gasteiger partial charge in [-0.05, 0) is 44.7 Å². The Morgan fingerprint density at radius 3 is 2.22 bits per heavy atom. The average Bonchev–Trinajstić information content (AvgIpc) is 2.66. The molecule has 2 aliphatic rings.